The molecule has 0 heterocycles. The average molecular weight is 182 g/mol. The molecular formula is C10H12ClN. The summed E-state index contributed by atoms with van der Waals surface area (Å²) in [5.74, 6) is 0. The Morgan fingerprint density at radius 3 is 2.58 bits per heavy atom. The minimum absolute atomic E-state index is 0.321. The molecular weight excluding hydrogens is 170 g/mol. The summed E-state index contributed by atoms with van der Waals surface area (Å²) in [6.07, 6.45) is 1.81. The third-order valence-electron chi connectivity index (χ3n) is 1.42. The summed E-state index contributed by atoms with van der Waals surface area (Å²) in [4.78, 5) is 4.25. The SMILES string of the molecule is CC(C)N=Cc1ccccc1Cl. The molecule has 1 aromatic rings. The van der Waals surface area contributed by atoms with Gasteiger partial charge in [-0.15, -0.1) is 0 Å². The van der Waals surface area contributed by atoms with Crippen molar-refractivity contribution in [1.29, 1.82) is 0 Å². The van der Waals surface area contributed by atoms with Gasteiger partial charge in [0.2, 0.25) is 0 Å². The van der Waals surface area contributed by atoms with Crippen molar-refractivity contribution >= 4 is 17.8 Å². The molecule has 0 bridgehead atoms. The molecule has 64 valence electrons. The third-order valence-corrected chi connectivity index (χ3v) is 1.76. The summed E-state index contributed by atoms with van der Waals surface area (Å²) in [5.41, 5.74) is 0.980. The van der Waals surface area contributed by atoms with Crippen molar-refractivity contribution in [2.75, 3.05) is 0 Å². The normalized spacial score (nSPS) is 11.3. The second-order valence-corrected chi connectivity index (χ2v) is 3.30. The zero-order chi connectivity index (χ0) is 8.97. The third kappa shape index (κ3) is 2.67. The molecule has 0 aromatic heterocycles. The number of halogens is 1. The van der Waals surface area contributed by atoms with Crippen LogP contribution in [0.15, 0.2) is 29.3 Å². The average Bonchev–Trinajstić information content (AvgIpc) is 2.03. The van der Waals surface area contributed by atoms with Crippen LogP contribution in [0.3, 0.4) is 0 Å². The predicted octanol–water partition coefficient (Wildman–Crippen LogP) is 3.17. The smallest absolute Gasteiger partial charge is 0.0493 e. The molecule has 0 aliphatic rings. The summed E-state index contributed by atoms with van der Waals surface area (Å²) < 4.78 is 0. The molecule has 1 nitrogen and oxygen atoms in total. The summed E-state index contributed by atoms with van der Waals surface area (Å²) in [7, 11) is 0. The van der Waals surface area contributed by atoms with Gasteiger partial charge in [-0.2, -0.15) is 0 Å². The molecule has 0 aliphatic heterocycles. The molecule has 1 rings (SSSR count). The first-order chi connectivity index (χ1) is 5.70. The summed E-state index contributed by atoms with van der Waals surface area (Å²) >= 11 is 5.92. The largest absolute Gasteiger partial charge is 0.290 e. The van der Waals surface area contributed by atoms with Crippen LogP contribution < -0.4 is 0 Å². The first-order valence-corrected chi connectivity index (χ1v) is 4.35. The van der Waals surface area contributed by atoms with Crippen LogP contribution in [0, 0.1) is 0 Å². The molecule has 0 aliphatic carbocycles. The minimum atomic E-state index is 0.321. The Morgan fingerprint density at radius 2 is 2.00 bits per heavy atom. The van der Waals surface area contributed by atoms with Crippen molar-refractivity contribution in [3.05, 3.63) is 34.9 Å². The van der Waals surface area contributed by atoms with E-state index in [2.05, 4.69) is 4.99 Å². The van der Waals surface area contributed by atoms with Gasteiger partial charge in [-0.05, 0) is 19.9 Å². The lowest BCUT2D eigenvalue weighted by molar-refractivity contribution is 0.841. The van der Waals surface area contributed by atoms with E-state index in [0.29, 0.717) is 6.04 Å². The molecule has 0 atom stereocenters. The van der Waals surface area contributed by atoms with Crippen LogP contribution in [-0.4, -0.2) is 12.3 Å². The number of benzene rings is 1. The lowest BCUT2D eigenvalue weighted by Crippen LogP contribution is -1.90. The van der Waals surface area contributed by atoms with Gasteiger partial charge in [-0.25, -0.2) is 0 Å². The maximum Gasteiger partial charge on any atom is 0.0493 e. The maximum absolute atomic E-state index is 5.92. The van der Waals surface area contributed by atoms with E-state index in [1.807, 2.05) is 44.3 Å². The maximum atomic E-state index is 5.92. The van der Waals surface area contributed by atoms with Crippen molar-refractivity contribution in [3.63, 3.8) is 0 Å². The highest BCUT2D eigenvalue weighted by Gasteiger charge is 1.93. The van der Waals surface area contributed by atoms with Crippen molar-refractivity contribution in [3.8, 4) is 0 Å². The second kappa shape index (κ2) is 4.27. The monoisotopic (exact) mass is 181 g/mol. The highest BCUT2D eigenvalue weighted by Crippen LogP contribution is 2.12. The van der Waals surface area contributed by atoms with Gasteiger partial charge in [-0.1, -0.05) is 29.8 Å². The van der Waals surface area contributed by atoms with Gasteiger partial charge in [-0.3, -0.25) is 4.99 Å². The van der Waals surface area contributed by atoms with Crippen molar-refractivity contribution in [2.24, 2.45) is 4.99 Å². The lowest BCUT2D eigenvalue weighted by Gasteiger charge is -1.97. The van der Waals surface area contributed by atoms with Gasteiger partial charge < -0.3 is 0 Å². The van der Waals surface area contributed by atoms with E-state index < -0.39 is 0 Å². The Balaban J connectivity index is 2.82. The first-order valence-electron chi connectivity index (χ1n) is 3.98. The van der Waals surface area contributed by atoms with Gasteiger partial charge in [0.15, 0.2) is 0 Å². The molecule has 0 radical (unpaired) electrons. The second-order valence-electron chi connectivity index (χ2n) is 2.89. The Hall–Kier alpha value is -0.820. The number of hydrogen-bond donors (Lipinski definition) is 0. The van der Waals surface area contributed by atoms with Crippen LogP contribution in [0.5, 0.6) is 0 Å². The van der Waals surface area contributed by atoms with Crippen LogP contribution in [0.4, 0.5) is 0 Å². The molecule has 2 heteroatoms. The van der Waals surface area contributed by atoms with Gasteiger partial charge in [0.25, 0.3) is 0 Å². The fourth-order valence-electron chi connectivity index (χ4n) is 0.809. The molecule has 0 spiro atoms. The van der Waals surface area contributed by atoms with Crippen LogP contribution in [-0.2, 0) is 0 Å². The zero-order valence-corrected chi connectivity index (χ0v) is 8.05. The Kier molecular flexibility index (Phi) is 3.30. The van der Waals surface area contributed by atoms with Gasteiger partial charge in [0, 0.05) is 22.8 Å². The fourth-order valence-corrected chi connectivity index (χ4v) is 0.994. The van der Waals surface area contributed by atoms with Crippen LogP contribution >= 0.6 is 11.6 Å². The molecule has 0 saturated carbocycles. The van der Waals surface area contributed by atoms with Gasteiger partial charge in [0.1, 0.15) is 0 Å². The minimum Gasteiger partial charge on any atom is -0.290 e. The lowest BCUT2D eigenvalue weighted by atomic mass is 10.2. The molecule has 0 unspecified atom stereocenters. The predicted molar refractivity (Wildman–Crippen MR) is 54.2 cm³/mol. The topological polar surface area (TPSA) is 12.4 Å². The quantitative estimate of drug-likeness (QED) is 0.622. The number of rotatable bonds is 2. The van der Waals surface area contributed by atoms with Gasteiger partial charge >= 0.3 is 0 Å². The Bertz CT molecular complexity index is 279. The van der Waals surface area contributed by atoms with Crippen LogP contribution in [0.25, 0.3) is 0 Å². The van der Waals surface area contributed by atoms with Crippen molar-refractivity contribution < 1.29 is 0 Å². The molecule has 0 amide bonds. The zero-order valence-electron chi connectivity index (χ0n) is 7.29. The summed E-state index contributed by atoms with van der Waals surface area (Å²) in [6.45, 7) is 4.07. The number of nitrogens with zero attached hydrogens (tertiary/aromatic N) is 1. The van der Waals surface area contributed by atoms with E-state index in [1.165, 1.54) is 0 Å². The van der Waals surface area contributed by atoms with E-state index in [4.69, 9.17) is 11.6 Å². The van der Waals surface area contributed by atoms with Crippen molar-refractivity contribution in [1.82, 2.24) is 0 Å². The Labute approximate surface area is 78.1 Å². The summed E-state index contributed by atoms with van der Waals surface area (Å²) in [6, 6.07) is 8.00. The standard InChI is InChI=1S/C10H12ClN/c1-8(2)12-7-9-5-3-4-6-10(9)11/h3-8H,1-2H3. The molecule has 0 fully saturated rings. The number of aliphatic imine (C=N–C) groups is 1. The molecule has 0 N–H and O–H groups in total. The number of hydrogen-bond acceptors (Lipinski definition) is 1. The van der Waals surface area contributed by atoms with E-state index >= 15 is 0 Å². The molecule has 1 aromatic carbocycles. The summed E-state index contributed by atoms with van der Waals surface area (Å²) in [5, 5.41) is 0.752. The molecule has 12 heavy (non-hydrogen) atoms. The van der Waals surface area contributed by atoms with Gasteiger partial charge in [0.05, 0.1) is 0 Å². The van der Waals surface area contributed by atoms with Crippen LogP contribution in [0.1, 0.15) is 19.4 Å². The van der Waals surface area contributed by atoms with E-state index in [1.54, 1.807) is 0 Å². The van der Waals surface area contributed by atoms with Crippen LogP contribution in [0.2, 0.25) is 5.02 Å². The highest BCUT2D eigenvalue weighted by atomic mass is 35.5. The fraction of sp³-hybridized carbons (Fsp3) is 0.300. The van der Waals surface area contributed by atoms with E-state index in [9.17, 15) is 0 Å². The van der Waals surface area contributed by atoms with Crippen molar-refractivity contribution in [2.45, 2.75) is 19.9 Å². The van der Waals surface area contributed by atoms with E-state index in [0.717, 1.165) is 10.6 Å². The van der Waals surface area contributed by atoms with E-state index in [-0.39, 0.29) is 0 Å². The Morgan fingerprint density at radius 1 is 1.33 bits per heavy atom. The molecule has 0 saturated heterocycles. The first kappa shape index (κ1) is 9.27. The highest BCUT2D eigenvalue weighted by molar-refractivity contribution is 6.33.